The normalized spacial score (nSPS) is 12.4. The third-order valence-corrected chi connectivity index (χ3v) is 3.21. The van der Waals surface area contributed by atoms with Crippen molar-refractivity contribution in [3.8, 4) is 0 Å². The lowest BCUT2D eigenvalue weighted by Crippen LogP contribution is -2.45. The highest BCUT2D eigenvalue weighted by molar-refractivity contribution is 7.90. The standard InChI is InChI=1S/C12H15NO6S/c1-20(17,18)8-10(11(14)15)13-12(16)19-7-9-5-3-2-4-6-9/h2-6,10H,7-8H2,1H3,(H,13,16)(H,14,15)/t10-/m0/s1. The van der Waals surface area contributed by atoms with Crippen molar-refractivity contribution in [3.63, 3.8) is 0 Å². The number of aliphatic carboxylic acids is 1. The average molecular weight is 301 g/mol. The third-order valence-electron chi connectivity index (χ3n) is 2.27. The summed E-state index contributed by atoms with van der Waals surface area (Å²) < 4.78 is 26.9. The van der Waals surface area contributed by atoms with Gasteiger partial charge in [0.05, 0.1) is 5.75 Å². The number of carbonyl (C=O) groups is 2. The summed E-state index contributed by atoms with van der Waals surface area (Å²) in [5.74, 6) is -2.13. The number of carbonyl (C=O) groups excluding carboxylic acids is 1. The van der Waals surface area contributed by atoms with Crippen LogP contribution in [-0.2, 0) is 26.0 Å². The van der Waals surface area contributed by atoms with Crippen LogP contribution in [-0.4, -0.2) is 43.6 Å². The van der Waals surface area contributed by atoms with E-state index < -0.39 is 33.7 Å². The smallest absolute Gasteiger partial charge is 0.408 e. The largest absolute Gasteiger partial charge is 0.480 e. The predicted octanol–water partition coefficient (Wildman–Crippen LogP) is 0.411. The fraction of sp³-hybridized carbons (Fsp3) is 0.333. The zero-order valence-corrected chi connectivity index (χ0v) is 11.6. The van der Waals surface area contributed by atoms with Crippen LogP contribution in [0.5, 0.6) is 0 Å². The van der Waals surface area contributed by atoms with Crippen molar-refractivity contribution in [1.29, 1.82) is 0 Å². The number of carboxylic acids is 1. The van der Waals surface area contributed by atoms with E-state index in [1.54, 1.807) is 30.3 Å². The van der Waals surface area contributed by atoms with Gasteiger partial charge in [0, 0.05) is 6.26 Å². The van der Waals surface area contributed by atoms with Gasteiger partial charge < -0.3 is 15.2 Å². The molecule has 0 radical (unpaired) electrons. The Morgan fingerprint density at radius 1 is 1.30 bits per heavy atom. The first-order valence-corrected chi connectivity index (χ1v) is 7.72. The van der Waals surface area contributed by atoms with Gasteiger partial charge in [0.15, 0.2) is 0 Å². The molecule has 0 aromatic heterocycles. The molecule has 110 valence electrons. The van der Waals surface area contributed by atoms with E-state index in [-0.39, 0.29) is 6.61 Å². The molecule has 2 N–H and O–H groups in total. The second-order valence-electron chi connectivity index (χ2n) is 4.19. The van der Waals surface area contributed by atoms with E-state index in [1.165, 1.54) is 0 Å². The van der Waals surface area contributed by atoms with Gasteiger partial charge in [-0.3, -0.25) is 0 Å². The highest BCUT2D eigenvalue weighted by Crippen LogP contribution is 2.01. The molecule has 1 atom stereocenters. The molecule has 1 amide bonds. The number of carboxylic acid groups (broad SMARTS) is 1. The van der Waals surface area contributed by atoms with Crippen LogP contribution in [0.2, 0.25) is 0 Å². The van der Waals surface area contributed by atoms with E-state index >= 15 is 0 Å². The Kier molecular flexibility index (Phi) is 5.51. The topological polar surface area (TPSA) is 110 Å². The van der Waals surface area contributed by atoms with Gasteiger partial charge in [-0.2, -0.15) is 0 Å². The van der Waals surface area contributed by atoms with Crippen LogP contribution in [0.25, 0.3) is 0 Å². The number of alkyl carbamates (subject to hydrolysis) is 1. The molecule has 0 fully saturated rings. The van der Waals surface area contributed by atoms with Gasteiger partial charge in [-0.05, 0) is 5.56 Å². The minimum absolute atomic E-state index is 0.0299. The van der Waals surface area contributed by atoms with Crippen LogP contribution in [0.4, 0.5) is 4.79 Å². The van der Waals surface area contributed by atoms with Gasteiger partial charge in [-0.25, -0.2) is 18.0 Å². The van der Waals surface area contributed by atoms with E-state index in [9.17, 15) is 18.0 Å². The maximum Gasteiger partial charge on any atom is 0.408 e. The molecule has 0 bridgehead atoms. The van der Waals surface area contributed by atoms with E-state index in [0.717, 1.165) is 11.8 Å². The summed E-state index contributed by atoms with van der Waals surface area (Å²) in [4.78, 5) is 22.3. The van der Waals surface area contributed by atoms with Crippen LogP contribution in [0.3, 0.4) is 0 Å². The van der Waals surface area contributed by atoms with E-state index in [2.05, 4.69) is 0 Å². The molecule has 0 saturated heterocycles. The monoisotopic (exact) mass is 301 g/mol. The first kappa shape index (κ1) is 16.0. The van der Waals surface area contributed by atoms with Crippen molar-refractivity contribution < 1.29 is 27.9 Å². The molecule has 20 heavy (non-hydrogen) atoms. The Balaban J connectivity index is 2.52. The summed E-state index contributed by atoms with van der Waals surface area (Å²) in [5, 5.41) is 10.8. The van der Waals surface area contributed by atoms with Crippen molar-refractivity contribution in [2.24, 2.45) is 0 Å². The van der Waals surface area contributed by atoms with E-state index in [1.807, 2.05) is 5.32 Å². The Morgan fingerprint density at radius 2 is 1.90 bits per heavy atom. The van der Waals surface area contributed by atoms with Gasteiger partial charge in [-0.1, -0.05) is 30.3 Å². The Bertz CT molecular complexity index is 569. The van der Waals surface area contributed by atoms with Crippen molar-refractivity contribution in [3.05, 3.63) is 35.9 Å². The van der Waals surface area contributed by atoms with Crippen molar-refractivity contribution in [1.82, 2.24) is 5.32 Å². The summed E-state index contributed by atoms with van der Waals surface area (Å²) in [7, 11) is -3.53. The fourth-order valence-corrected chi connectivity index (χ4v) is 2.22. The SMILES string of the molecule is CS(=O)(=O)C[C@H](NC(=O)OCc1ccccc1)C(=O)O. The summed E-state index contributed by atoms with van der Waals surface area (Å²) in [6.07, 6.45) is -0.0928. The third kappa shape index (κ3) is 6.19. The number of benzene rings is 1. The number of sulfone groups is 1. The zero-order valence-electron chi connectivity index (χ0n) is 10.8. The number of rotatable bonds is 6. The molecule has 1 rings (SSSR count). The van der Waals surface area contributed by atoms with Crippen LogP contribution < -0.4 is 5.32 Å². The Hall–Kier alpha value is -2.09. The van der Waals surface area contributed by atoms with Gasteiger partial charge in [0.2, 0.25) is 0 Å². The average Bonchev–Trinajstić information content (AvgIpc) is 2.35. The van der Waals surface area contributed by atoms with Gasteiger partial charge in [-0.15, -0.1) is 0 Å². The lowest BCUT2D eigenvalue weighted by atomic mass is 10.2. The summed E-state index contributed by atoms with van der Waals surface area (Å²) in [5.41, 5.74) is 0.734. The number of hydrogen-bond acceptors (Lipinski definition) is 5. The first-order chi connectivity index (χ1) is 9.28. The van der Waals surface area contributed by atoms with Gasteiger partial charge >= 0.3 is 12.1 Å². The fourth-order valence-electron chi connectivity index (χ4n) is 1.38. The highest BCUT2D eigenvalue weighted by atomic mass is 32.2. The predicted molar refractivity (Wildman–Crippen MR) is 70.9 cm³/mol. The quantitative estimate of drug-likeness (QED) is 0.787. The molecule has 1 aromatic rings. The van der Waals surface area contributed by atoms with Crippen LogP contribution >= 0.6 is 0 Å². The van der Waals surface area contributed by atoms with E-state index in [0.29, 0.717) is 0 Å². The van der Waals surface area contributed by atoms with Gasteiger partial charge in [0.25, 0.3) is 0 Å². The second kappa shape index (κ2) is 6.90. The van der Waals surface area contributed by atoms with E-state index in [4.69, 9.17) is 9.84 Å². The molecular weight excluding hydrogens is 286 g/mol. The molecular formula is C12H15NO6S. The molecule has 0 aliphatic rings. The van der Waals surface area contributed by atoms with Crippen molar-refractivity contribution in [2.75, 3.05) is 12.0 Å². The molecule has 0 aliphatic heterocycles. The van der Waals surface area contributed by atoms with Crippen LogP contribution in [0.15, 0.2) is 30.3 Å². The molecule has 8 heteroatoms. The number of ether oxygens (including phenoxy) is 1. The Labute approximate surface area is 116 Å². The molecule has 0 saturated carbocycles. The van der Waals surface area contributed by atoms with Crippen molar-refractivity contribution >= 4 is 21.9 Å². The van der Waals surface area contributed by atoms with Crippen molar-refractivity contribution in [2.45, 2.75) is 12.6 Å². The second-order valence-corrected chi connectivity index (χ2v) is 6.37. The molecule has 0 unspecified atom stereocenters. The zero-order chi connectivity index (χ0) is 15.2. The maximum atomic E-state index is 11.4. The first-order valence-electron chi connectivity index (χ1n) is 5.65. The summed E-state index contributed by atoms with van der Waals surface area (Å²) >= 11 is 0. The summed E-state index contributed by atoms with van der Waals surface area (Å²) in [6, 6.07) is 7.27. The lowest BCUT2D eigenvalue weighted by Gasteiger charge is -2.13. The molecule has 1 aromatic carbocycles. The van der Waals surface area contributed by atoms with Crippen LogP contribution in [0.1, 0.15) is 5.56 Å². The molecule has 0 aliphatic carbocycles. The Morgan fingerprint density at radius 3 is 2.40 bits per heavy atom. The minimum atomic E-state index is -3.53. The minimum Gasteiger partial charge on any atom is -0.480 e. The number of nitrogens with one attached hydrogen (secondary N) is 1. The summed E-state index contributed by atoms with van der Waals surface area (Å²) in [6.45, 7) is -0.0299. The number of amides is 1. The van der Waals surface area contributed by atoms with Gasteiger partial charge in [0.1, 0.15) is 22.5 Å². The molecule has 7 nitrogen and oxygen atoms in total. The molecule has 0 spiro atoms. The maximum absolute atomic E-state index is 11.4. The number of hydrogen-bond donors (Lipinski definition) is 2. The lowest BCUT2D eigenvalue weighted by molar-refractivity contribution is -0.138. The van der Waals surface area contributed by atoms with Crippen LogP contribution in [0, 0.1) is 0 Å². The highest BCUT2D eigenvalue weighted by Gasteiger charge is 2.25. The molecule has 0 heterocycles.